The fourth-order valence-corrected chi connectivity index (χ4v) is 1.85. The van der Waals surface area contributed by atoms with Gasteiger partial charge in [-0.25, -0.2) is 0 Å². The number of aliphatic hydroxyl groups is 1. The molecule has 0 aliphatic carbocycles. The molecule has 0 unspecified atom stereocenters. The second-order valence-electron chi connectivity index (χ2n) is 4.75. The molecule has 4 nitrogen and oxygen atoms in total. The quantitative estimate of drug-likeness (QED) is 0.645. The van der Waals surface area contributed by atoms with Crippen molar-refractivity contribution in [3.8, 4) is 0 Å². The van der Waals surface area contributed by atoms with Gasteiger partial charge in [0.1, 0.15) is 0 Å². The lowest BCUT2D eigenvalue weighted by Crippen LogP contribution is -2.25. The van der Waals surface area contributed by atoms with E-state index in [2.05, 4.69) is 12.2 Å². The maximum Gasteiger partial charge on any atom is 0.251 e. The molecule has 0 saturated heterocycles. The van der Waals surface area contributed by atoms with Crippen LogP contribution in [0.5, 0.6) is 0 Å². The number of aliphatic hydroxyl groups excluding tert-OH is 1. The molecule has 1 amide bonds. The van der Waals surface area contributed by atoms with E-state index in [-0.39, 0.29) is 12.5 Å². The first-order valence-corrected chi connectivity index (χ1v) is 7.33. The van der Waals surface area contributed by atoms with Crippen LogP contribution in [0.3, 0.4) is 0 Å². The molecule has 4 heteroatoms. The van der Waals surface area contributed by atoms with Gasteiger partial charge in [-0.1, -0.05) is 25.5 Å². The average Bonchev–Trinajstić information content (AvgIpc) is 2.49. The van der Waals surface area contributed by atoms with Crippen molar-refractivity contribution in [2.24, 2.45) is 0 Å². The Hall–Kier alpha value is -1.39. The zero-order valence-corrected chi connectivity index (χ0v) is 12.2. The van der Waals surface area contributed by atoms with Crippen molar-refractivity contribution in [2.45, 2.75) is 32.6 Å². The standard InChI is InChI=1S/C16H25NO3/c1-2-3-5-14-6-8-15(9-7-14)16(19)17-10-4-12-20-13-11-18/h6-9,18H,2-5,10-13H2,1H3,(H,17,19). The molecular formula is C16H25NO3. The van der Waals surface area contributed by atoms with Gasteiger partial charge in [0, 0.05) is 18.7 Å². The van der Waals surface area contributed by atoms with E-state index in [1.807, 2.05) is 24.3 Å². The predicted molar refractivity (Wildman–Crippen MR) is 79.9 cm³/mol. The number of ether oxygens (including phenoxy) is 1. The van der Waals surface area contributed by atoms with E-state index in [0.29, 0.717) is 25.3 Å². The first-order valence-electron chi connectivity index (χ1n) is 7.33. The molecule has 0 aliphatic rings. The van der Waals surface area contributed by atoms with Crippen molar-refractivity contribution in [3.05, 3.63) is 35.4 Å². The number of rotatable bonds is 10. The summed E-state index contributed by atoms with van der Waals surface area (Å²) >= 11 is 0. The first-order chi connectivity index (χ1) is 9.77. The summed E-state index contributed by atoms with van der Waals surface area (Å²) in [5.41, 5.74) is 1.97. The fraction of sp³-hybridized carbons (Fsp3) is 0.562. The lowest BCUT2D eigenvalue weighted by molar-refractivity contribution is 0.0867. The third kappa shape index (κ3) is 6.68. The van der Waals surface area contributed by atoms with Gasteiger partial charge in [0.15, 0.2) is 0 Å². The molecule has 1 rings (SSSR count). The Bertz CT molecular complexity index is 376. The molecule has 0 bridgehead atoms. The predicted octanol–water partition coefficient (Wildman–Crippen LogP) is 2.16. The van der Waals surface area contributed by atoms with Crippen LogP contribution >= 0.6 is 0 Å². The molecule has 20 heavy (non-hydrogen) atoms. The molecule has 0 spiro atoms. The zero-order chi connectivity index (χ0) is 14.6. The van der Waals surface area contributed by atoms with Crippen LogP contribution in [0.15, 0.2) is 24.3 Å². The minimum absolute atomic E-state index is 0.0384. The number of carbonyl (C=O) groups is 1. The van der Waals surface area contributed by atoms with Gasteiger partial charge in [-0.05, 0) is 37.0 Å². The van der Waals surface area contributed by atoms with Gasteiger partial charge >= 0.3 is 0 Å². The maximum absolute atomic E-state index is 11.9. The molecule has 0 aliphatic heterocycles. The number of nitrogens with one attached hydrogen (secondary N) is 1. The average molecular weight is 279 g/mol. The van der Waals surface area contributed by atoms with Crippen LogP contribution in [0.2, 0.25) is 0 Å². The smallest absolute Gasteiger partial charge is 0.251 e. The van der Waals surface area contributed by atoms with Crippen molar-refractivity contribution in [1.82, 2.24) is 5.32 Å². The van der Waals surface area contributed by atoms with E-state index in [1.54, 1.807) is 0 Å². The number of carbonyl (C=O) groups excluding carboxylic acids is 1. The van der Waals surface area contributed by atoms with Crippen molar-refractivity contribution in [2.75, 3.05) is 26.4 Å². The number of hydrogen-bond acceptors (Lipinski definition) is 3. The van der Waals surface area contributed by atoms with Crippen molar-refractivity contribution in [3.63, 3.8) is 0 Å². The highest BCUT2D eigenvalue weighted by molar-refractivity contribution is 5.94. The third-order valence-electron chi connectivity index (χ3n) is 3.02. The van der Waals surface area contributed by atoms with E-state index in [4.69, 9.17) is 9.84 Å². The van der Waals surface area contributed by atoms with E-state index >= 15 is 0 Å². The first kappa shape index (κ1) is 16.7. The Labute approximate surface area is 121 Å². The minimum Gasteiger partial charge on any atom is -0.394 e. The Morgan fingerprint density at radius 3 is 2.60 bits per heavy atom. The van der Waals surface area contributed by atoms with Gasteiger partial charge in [-0.15, -0.1) is 0 Å². The molecule has 0 heterocycles. The fourth-order valence-electron chi connectivity index (χ4n) is 1.85. The van der Waals surface area contributed by atoms with Crippen LogP contribution in [0.4, 0.5) is 0 Å². The minimum atomic E-state index is -0.0470. The Morgan fingerprint density at radius 2 is 1.95 bits per heavy atom. The van der Waals surface area contributed by atoms with E-state index < -0.39 is 0 Å². The van der Waals surface area contributed by atoms with Gasteiger partial charge in [0.2, 0.25) is 0 Å². The van der Waals surface area contributed by atoms with Crippen molar-refractivity contribution in [1.29, 1.82) is 0 Å². The summed E-state index contributed by atoms with van der Waals surface area (Å²) in [6, 6.07) is 7.80. The number of unbranched alkanes of at least 4 members (excludes halogenated alkanes) is 1. The van der Waals surface area contributed by atoms with Gasteiger partial charge in [-0.2, -0.15) is 0 Å². The van der Waals surface area contributed by atoms with Crippen molar-refractivity contribution >= 4 is 5.91 Å². The summed E-state index contributed by atoms with van der Waals surface area (Å²) in [5.74, 6) is -0.0470. The van der Waals surface area contributed by atoms with E-state index in [9.17, 15) is 4.79 Å². The van der Waals surface area contributed by atoms with Gasteiger partial charge < -0.3 is 15.2 Å². The lowest BCUT2D eigenvalue weighted by atomic mass is 10.1. The summed E-state index contributed by atoms with van der Waals surface area (Å²) < 4.78 is 5.12. The van der Waals surface area contributed by atoms with Crippen LogP contribution in [0.1, 0.15) is 42.1 Å². The summed E-state index contributed by atoms with van der Waals surface area (Å²) in [6.07, 6.45) is 4.18. The molecule has 0 saturated carbocycles. The lowest BCUT2D eigenvalue weighted by Gasteiger charge is -2.06. The highest BCUT2D eigenvalue weighted by atomic mass is 16.5. The van der Waals surface area contributed by atoms with Crippen LogP contribution in [-0.4, -0.2) is 37.4 Å². The number of benzene rings is 1. The van der Waals surface area contributed by atoms with Crippen LogP contribution < -0.4 is 5.32 Å². The molecule has 0 radical (unpaired) electrons. The Balaban J connectivity index is 2.25. The highest BCUT2D eigenvalue weighted by Crippen LogP contribution is 2.07. The second-order valence-corrected chi connectivity index (χ2v) is 4.75. The molecule has 0 aromatic heterocycles. The largest absolute Gasteiger partial charge is 0.394 e. The van der Waals surface area contributed by atoms with Gasteiger partial charge in [0.05, 0.1) is 13.2 Å². The molecule has 112 valence electrons. The molecule has 1 aromatic rings. The molecule has 0 atom stereocenters. The van der Waals surface area contributed by atoms with Crippen LogP contribution in [0, 0.1) is 0 Å². The molecular weight excluding hydrogens is 254 g/mol. The number of hydrogen-bond donors (Lipinski definition) is 2. The highest BCUT2D eigenvalue weighted by Gasteiger charge is 2.04. The maximum atomic E-state index is 11.9. The van der Waals surface area contributed by atoms with E-state index in [1.165, 1.54) is 18.4 Å². The van der Waals surface area contributed by atoms with Crippen molar-refractivity contribution < 1.29 is 14.6 Å². The summed E-state index contributed by atoms with van der Waals surface area (Å²) in [4.78, 5) is 11.9. The SMILES string of the molecule is CCCCc1ccc(C(=O)NCCCOCCO)cc1. The normalized spacial score (nSPS) is 10.5. The number of amides is 1. The Kier molecular flexibility index (Phi) is 8.67. The molecule has 1 aromatic carbocycles. The zero-order valence-electron chi connectivity index (χ0n) is 12.2. The Morgan fingerprint density at radius 1 is 1.20 bits per heavy atom. The monoisotopic (exact) mass is 279 g/mol. The molecule has 2 N–H and O–H groups in total. The van der Waals surface area contributed by atoms with Gasteiger partial charge in [0.25, 0.3) is 5.91 Å². The van der Waals surface area contributed by atoms with Gasteiger partial charge in [-0.3, -0.25) is 4.79 Å². The molecule has 0 fully saturated rings. The topological polar surface area (TPSA) is 58.6 Å². The number of aryl methyl sites for hydroxylation is 1. The van der Waals surface area contributed by atoms with Crippen LogP contribution in [0.25, 0.3) is 0 Å². The van der Waals surface area contributed by atoms with Crippen LogP contribution in [-0.2, 0) is 11.2 Å². The second kappa shape index (κ2) is 10.4. The summed E-state index contributed by atoms with van der Waals surface area (Å²) in [6.45, 7) is 3.70. The summed E-state index contributed by atoms with van der Waals surface area (Å²) in [5, 5.41) is 11.4. The third-order valence-corrected chi connectivity index (χ3v) is 3.02. The van der Waals surface area contributed by atoms with E-state index in [0.717, 1.165) is 12.8 Å². The summed E-state index contributed by atoms with van der Waals surface area (Å²) in [7, 11) is 0.